The summed E-state index contributed by atoms with van der Waals surface area (Å²) in [7, 11) is 3.12. The lowest BCUT2D eigenvalue weighted by Crippen LogP contribution is -2.27. The van der Waals surface area contributed by atoms with Crippen LogP contribution in [0.25, 0.3) is 0 Å². The van der Waals surface area contributed by atoms with Gasteiger partial charge in [-0.15, -0.1) is 0 Å². The minimum Gasteiger partial charge on any atom is -0.493 e. The van der Waals surface area contributed by atoms with Gasteiger partial charge in [-0.25, -0.2) is 0 Å². The van der Waals surface area contributed by atoms with Gasteiger partial charge in [0.1, 0.15) is 0 Å². The molecule has 0 fully saturated rings. The third-order valence-electron chi connectivity index (χ3n) is 4.34. The fourth-order valence-electron chi connectivity index (χ4n) is 2.84. The predicted octanol–water partition coefficient (Wildman–Crippen LogP) is 3.96. The van der Waals surface area contributed by atoms with Gasteiger partial charge in [0.05, 0.1) is 39.0 Å². The molecule has 0 aliphatic carbocycles. The van der Waals surface area contributed by atoms with Crippen LogP contribution < -0.4 is 24.3 Å². The Bertz CT molecular complexity index is 839. The highest BCUT2D eigenvalue weighted by molar-refractivity contribution is 14.1. The number of benzene rings is 2. The summed E-state index contributed by atoms with van der Waals surface area (Å²) in [6.07, 6.45) is 0.855. The molecule has 1 aliphatic rings. The van der Waals surface area contributed by atoms with Crippen LogP contribution in [-0.2, 0) is 0 Å². The number of methoxy groups -OCH3 is 2. The third-order valence-corrected chi connectivity index (χ3v) is 5.23. The fraction of sp³-hybridized carbons (Fsp3) is 0.350. The molecule has 1 unspecified atom stereocenters. The molecule has 27 heavy (non-hydrogen) atoms. The largest absolute Gasteiger partial charge is 0.493 e. The average molecular weight is 483 g/mol. The molecular formula is C20H22INO5. The molecular weight excluding hydrogens is 461 g/mol. The number of carbonyl (C=O) groups is 1. The van der Waals surface area contributed by atoms with Gasteiger partial charge in [0.25, 0.3) is 5.91 Å². The van der Waals surface area contributed by atoms with Crippen LogP contribution in [0.4, 0.5) is 0 Å². The molecule has 6 nitrogen and oxygen atoms in total. The Hall–Kier alpha value is -2.16. The first-order chi connectivity index (χ1) is 13.0. The zero-order valence-electron chi connectivity index (χ0n) is 15.5. The standard InChI is InChI=1S/C20H22INO5/c1-12(13-5-6-16-19(9-13)27-8-4-7-26-16)22-20(23)14-10-17(24-2)18(25-3)11-15(14)21/h5-6,9-12H,4,7-8H2,1-3H3,(H,22,23). The maximum atomic E-state index is 12.8. The minimum absolute atomic E-state index is 0.181. The van der Waals surface area contributed by atoms with Gasteiger partial charge in [-0.05, 0) is 59.3 Å². The summed E-state index contributed by atoms with van der Waals surface area (Å²) in [4.78, 5) is 12.8. The summed E-state index contributed by atoms with van der Waals surface area (Å²) in [6, 6.07) is 9.03. The van der Waals surface area contributed by atoms with Crippen molar-refractivity contribution in [1.82, 2.24) is 5.32 Å². The summed E-state index contributed by atoms with van der Waals surface area (Å²) in [5.41, 5.74) is 1.48. The summed E-state index contributed by atoms with van der Waals surface area (Å²) >= 11 is 2.12. The van der Waals surface area contributed by atoms with Gasteiger partial charge >= 0.3 is 0 Å². The van der Waals surface area contributed by atoms with Crippen LogP contribution in [0.5, 0.6) is 23.0 Å². The second kappa shape index (κ2) is 8.69. The first kappa shape index (κ1) is 19.6. The Morgan fingerprint density at radius 3 is 2.44 bits per heavy atom. The first-order valence-electron chi connectivity index (χ1n) is 8.65. The number of amides is 1. The van der Waals surface area contributed by atoms with Gasteiger partial charge in [0, 0.05) is 9.99 Å². The molecule has 2 aromatic carbocycles. The summed E-state index contributed by atoms with van der Waals surface area (Å²) in [5, 5.41) is 3.03. The van der Waals surface area contributed by atoms with Crippen LogP contribution in [0.2, 0.25) is 0 Å². The lowest BCUT2D eigenvalue weighted by atomic mass is 10.1. The van der Waals surface area contributed by atoms with Gasteiger partial charge < -0.3 is 24.3 Å². The first-order valence-corrected chi connectivity index (χ1v) is 9.73. The molecule has 0 bridgehead atoms. The van der Waals surface area contributed by atoms with E-state index in [1.54, 1.807) is 26.4 Å². The molecule has 0 radical (unpaired) electrons. The maximum absolute atomic E-state index is 12.8. The highest BCUT2D eigenvalue weighted by Gasteiger charge is 2.19. The topological polar surface area (TPSA) is 66.0 Å². The van der Waals surface area contributed by atoms with Crippen molar-refractivity contribution in [2.24, 2.45) is 0 Å². The highest BCUT2D eigenvalue weighted by atomic mass is 127. The van der Waals surface area contributed by atoms with E-state index in [0.29, 0.717) is 36.0 Å². The van der Waals surface area contributed by atoms with Crippen LogP contribution in [0, 0.1) is 3.57 Å². The molecule has 0 saturated carbocycles. The van der Waals surface area contributed by atoms with E-state index in [1.807, 2.05) is 25.1 Å². The van der Waals surface area contributed by atoms with Crippen molar-refractivity contribution in [3.05, 3.63) is 45.0 Å². The molecule has 2 aromatic rings. The summed E-state index contributed by atoms with van der Waals surface area (Å²) in [5.74, 6) is 2.39. The number of fused-ring (bicyclic) bond motifs is 1. The molecule has 1 amide bonds. The van der Waals surface area contributed by atoms with E-state index in [2.05, 4.69) is 27.9 Å². The Kier molecular flexibility index (Phi) is 6.30. The number of ether oxygens (including phenoxy) is 4. The Balaban J connectivity index is 1.79. The zero-order valence-corrected chi connectivity index (χ0v) is 17.7. The van der Waals surface area contributed by atoms with E-state index in [0.717, 1.165) is 21.3 Å². The number of hydrogen-bond donors (Lipinski definition) is 1. The van der Waals surface area contributed by atoms with E-state index in [1.165, 1.54) is 0 Å². The van der Waals surface area contributed by atoms with Crippen molar-refractivity contribution in [2.75, 3.05) is 27.4 Å². The van der Waals surface area contributed by atoms with Crippen LogP contribution in [0.15, 0.2) is 30.3 Å². The number of carbonyl (C=O) groups excluding carboxylic acids is 1. The van der Waals surface area contributed by atoms with Crippen LogP contribution >= 0.6 is 22.6 Å². The predicted molar refractivity (Wildman–Crippen MR) is 110 cm³/mol. The molecule has 1 aliphatic heterocycles. The Morgan fingerprint density at radius 1 is 1.07 bits per heavy atom. The third kappa shape index (κ3) is 4.40. The van der Waals surface area contributed by atoms with Gasteiger partial charge in [-0.3, -0.25) is 4.79 Å². The van der Waals surface area contributed by atoms with Crippen LogP contribution in [0.1, 0.15) is 35.3 Å². The van der Waals surface area contributed by atoms with Crippen LogP contribution in [-0.4, -0.2) is 33.3 Å². The summed E-state index contributed by atoms with van der Waals surface area (Å²) in [6.45, 7) is 3.21. The molecule has 1 atom stereocenters. The number of hydrogen-bond acceptors (Lipinski definition) is 5. The SMILES string of the molecule is COc1cc(I)c(C(=O)NC(C)c2ccc3c(c2)OCCCO3)cc1OC. The van der Waals surface area contributed by atoms with Gasteiger partial charge in [0.15, 0.2) is 23.0 Å². The van der Waals surface area contributed by atoms with Crippen molar-refractivity contribution in [1.29, 1.82) is 0 Å². The molecule has 0 spiro atoms. The van der Waals surface area contributed by atoms with E-state index >= 15 is 0 Å². The second-order valence-corrected chi connectivity index (χ2v) is 7.30. The molecule has 0 saturated heterocycles. The van der Waals surface area contributed by atoms with Crippen molar-refractivity contribution >= 4 is 28.5 Å². The smallest absolute Gasteiger partial charge is 0.252 e. The minimum atomic E-state index is -0.196. The second-order valence-electron chi connectivity index (χ2n) is 6.14. The number of halogens is 1. The fourth-order valence-corrected chi connectivity index (χ4v) is 3.52. The van der Waals surface area contributed by atoms with E-state index < -0.39 is 0 Å². The molecule has 144 valence electrons. The Morgan fingerprint density at radius 2 is 1.74 bits per heavy atom. The number of nitrogens with one attached hydrogen (secondary N) is 1. The van der Waals surface area contributed by atoms with Crippen molar-refractivity contribution in [3.8, 4) is 23.0 Å². The van der Waals surface area contributed by atoms with E-state index in [9.17, 15) is 4.79 Å². The lowest BCUT2D eigenvalue weighted by molar-refractivity contribution is 0.0938. The van der Waals surface area contributed by atoms with Gasteiger partial charge in [0.2, 0.25) is 0 Å². The molecule has 7 heteroatoms. The van der Waals surface area contributed by atoms with Crippen molar-refractivity contribution in [3.63, 3.8) is 0 Å². The van der Waals surface area contributed by atoms with Crippen LogP contribution in [0.3, 0.4) is 0 Å². The molecule has 1 N–H and O–H groups in total. The van der Waals surface area contributed by atoms with Gasteiger partial charge in [-0.2, -0.15) is 0 Å². The molecule has 1 heterocycles. The zero-order chi connectivity index (χ0) is 19.4. The normalized spacial score (nSPS) is 14.1. The Labute approximate surface area is 172 Å². The average Bonchev–Trinajstić information content (AvgIpc) is 2.92. The lowest BCUT2D eigenvalue weighted by Gasteiger charge is -2.18. The summed E-state index contributed by atoms with van der Waals surface area (Å²) < 4.78 is 22.8. The molecule has 0 aromatic heterocycles. The quantitative estimate of drug-likeness (QED) is 0.653. The van der Waals surface area contributed by atoms with Crippen molar-refractivity contribution in [2.45, 2.75) is 19.4 Å². The van der Waals surface area contributed by atoms with Gasteiger partial charge in [-0.1, -0.05) is 6.07 Å². The monoisotopic (exact) mass is 483 g/mol. The van der Waals surface area contributed by atoms with E-state index in [4.69, 9.17) is 18.9 Å². The molecule has 3 rings (SSSR count). The van der Waals surface area contributed by atoms with Crippen molar-refractivity contribution < 1.29 is 23.7 Å². The maximum Gasteiger partial charge on any atom is 0.252 e. The van der Waals surface area contributed by atoms with E-state index in [-0.39, 0.29) is 11.9 Å². The highest BCUT2D eigenvalue weighted by Crippen LogP contribution is 2.33. The number of rotatable bonds is 5.